The van der Waals surface area contributed by atoms with Crippen LogP contribution in [-0.4, -0.2) is 6.54 Å². The van der Waals surface area contributed by atoms with E-state index >= 15 is 0 Å². The molecule has 1 atom stereocenters. The molecule has 1 aromatic heterocycles. The van der Waals surface area contributed by atoms with E-state index in [4.69, 9.17) is 14.9 Å². The Bertz CT molecular complexity index is 542. The van der Waals surface area contributed by atoms with Crippen LogP contribution in [0.25, 0.3) is 0 Å². The molecule has 0 bridgehead atoms. The van der Waals surface area contributed by atoms with Crippen molar-refractivity contribution in [2.75, 3.05) is 6.54 Å². The van der Waals surface area contributed by atoms with Crippen molar-refractivity contribution in [3.8, 4) is 5.75 Å². The molecule has 0 saturated heterocycles. The second-order valence-corrected chi connectivity index (χ2v) is 4.78. The van der Waals surface area contributed by atoms with Gasteiger partial charge in [-0.1, -0.05) is 15.9 Å². The van der Waals surface area contributed by atoms with E-state index < -0.39 is 11.9 Å². The van der Waals surface area contributed by atoms with Crippen LogP contribution in [0, 0.1) is 12.7 Å². The van der Waals surface area contributed by atoms with Crippen LogP contribution in [0.4, 0.5) is 4.39 Å². The number of hydrogen-bond donors (Lipinski definition) is 1. The lowest BCUT2D eigenvalue weighted by Crippen LogP contribution is -2.18. The summed E-state index contributed by atoms with van der Waals surface area (Å²) in [6.07, 6.45) is -0.491. The van der Waals surface area contributed by atoms with Gasteiger partial charge in [0, 0.05) is 11.0 Å². The van der Waals surface area contributed by atoms with Gasteiger partial charge >= 0.3 is 0 Å². The number of rotatable bonds is 4. The number of benzene rings is 1. The molecule has 1 heterocycles. The van der Waals surface area contributed by atoms with E-state index in [1.165, 1.54) is 6.07 Å². The van der Waals surface area contributed by atoms with Crippen molar-refractivity contribution in [3.05, 3.63) is 52.1 Å². The molecule has 0 radical (unpaired) electrons. The highest BCUT2D eigenvalue weighted by Gasteiger charge is 2.17. The Morgan fingerprint density at radius 3 is 2.72 bits per heavy atom. The molecule has 5 heteroatoms. The normalized spacial score (nSPS) is 12.4. The first-order valence-corrected chi connectivity index (χ1v) is 6.27. The maximum atomic E-state index is 13.6. The lowest BCUT2D eigenvalue weighted by atomic mass is 10.2. The summed E-state index contributed by atoms with van der Waals surface area (Å²) in [5.74, 6) is 1.08. The van der Waals surface area contributed by atoms with Crippen molar-refractivity contribution in [1.29, 1.82) is 0 Å². The smallest absolute Gasteiger partial charge is 0.168 e. The molecule has 1 aromatic carbocycles. The number of halogens is 2. The first-order chi connectivity index (χ1) is 8.60. The van der Waals surface area contributed by atoms with E-state index in [2.05, 4.69) is 15.9 Å². The summed E-state index contributed by atoms with van der Waals surface area (Å²) in [5.41, 5.74) is 5.63. The average Bonchev–Trinajstić information content (AvgIpc) is 2.75. The van der Waals surface area contributed by atoms with Gasteiger partial charge in [-0.3, -0.25) is 0 Å². The molecular formula is C13H13BrFNO2. The van der Waals surface area contributed by atoms with Gasteiger partial charge in [0.25, 0.3) is 0 Å². The minimum Gasteiger partial charge on any atom is -0.478 e. The van der Waals surface area contributed by atoms with Crippen LogP contribution in [0.2, 0.25) is 0 Å². The summed E-state index contributed by atoms with van der Waals surface area (Å²) in [6, 6.07) is 8.20. The standard InChI is InChI=1S/C13H13BrFNO2/c1-8-2-4-12(17-8)13(7-16)18-11-5-3-9(14)6-10(11)15/h2-6,13H,7,16H2,1H3. The first kappa shape index (κ1) is 13.1. The fraction of sp³-hybridized carbons (Fsp3) is 0.231. The Morgan fingerprint density at radius 1 is 1.39 bits per heavy atom. The Kier molecular flexibility index (Phi) is 4.04. The first-order valence-electron chi connectivity index (χ1n) is 5.48. The van der Waals surface area contributed by atoms with Crippen molar-refractivity contribution < 1.29 is 13.5 Å². The van der Waals surface area contributed by atoms with Gasteiger partial charge in [0.05, 0.1) is 0 Å². The molecule has 3 nitrogen and oxygen atoms in total. The third-order valence-corrected chi connectivity index (χ3v) is 2.95. The van der Waals surface area contributed by atoms with Crippen LogP contribution < -0.4 is 10.5 Å². The minimum atomic E-state index is -0.491. The fourth-order valence-corrected chi connectivity index (χ4v) is 1.91. The van der Waals surface area contributed by atoms with Crippen molar-refractivity contribution in [3.63, 3.8) is 0 Å². The van der Waals surface area contributed by atoms with Crippen molar-refractivity contribution in [1.82, 2.24) is 0 Å². The Balaban J connectivity index is 2.20. The summed E-state index contributed by atoms with van der Waals surface area (Å²) in [5, 5.41) is 0. The minimum absolute atomic E-state index is 0.155. The number of furan rings is 1. The Labute approximate surface area is 113 Å². The monoisotopic (exact) mass is 313 g/mol. The summed E-state index contributed by atoms with van der Waals surface area (Å²) in [7, 11) is 0. The molecule has 2 N–H and O–H groups in total. The number of aryl methyl sites for hydroxylation is 1. The van der Waals surface area contributed by atoms with Gasteiger partial charge in [-0.25, -0.2) is 4.39 Å². The summed E-state index contributed by atoms with van der Waals surface area (Å²) in [6.45, 7) is 2.04. The zero-order valence-electron chi connectivity index (χ0n) is 9.82. The zero-order valence-corrected chi connectivity index (χ0v) is 11.4. The van der Waals surface area contributed by atoms with Gasteiger partial charge in [-0.05, 0) is 37.3 Å². The quantitative estimate of drug-likeness (QED) is 0.938. The molecule has 0 fully saturated rings. The SMILES string of the molecule is Cc1ccc(C(CN)Oc2ccc(Br)cc2F)o1. The largest absolute Gasteiger partial charge is 0.478 e. The molecule has 1 unspecified atom stereocenters. The van der Waals surface area contributed by atoms with E-state index in [0.29, 0.717) is 10.2 Å². The van der Waals surface area contributed by atoms with Crippen molar-refractivity contribution in [2.45, 2.75) is 13.0 Å². The van der Waals surface area contributed by atoms with E-state index in [1.54, 1.807) is 18.2 Å². The predicted octanol–water partition coefficient (Wildman–Crippen LogP) is 3.57. The highest BCUT2D eigenvalue weighted by molar-refractivity contribution is 9.10. The molecule has 0 aliphatic heterocycles. The average molecular weight is 314 g/mol. The van der Waals surface area contributed by atoms with Crippen molar-refractivity contribution in [2.24, 2.45) is 5.73 Å². The molecule has 2 rings (SSSR count). The topological polar surface area (TPSA) is 48.4 Å². The van der Waals surface area contributed by atoms with Gasteiger partial charge in [-0.15, -0.1) is 0 Å². The number of nitrogens with two attached hydrogens (primary N) is 1. The van der Waals surface area contributed by atoms with Gasteiger partial charge in [-0.2, -0.15) is 0 Å². The molecule has 0 spiro atoms. The number of ether oxygens (including phenoxy) is 1. The van der Waals surface area contributed by atoms with Crippen LogP contribution in [-0.2, 0) is 0 Å². The molecule has 0 saturated carbocycles. The third-order valence-electron chi connectivity index (χ3n) is 2.46. The van der Waals surface area contributed by atoms with Crippen LogP contribution in [0.3, 0.4) is 0 Å². The third kappa shape index (κ3) is 2.91. The lowest BCUT2D eigenvalue weighted by molar-refractivity contribution is 0.175. The maximum Gasteiger partial charge on any atom is 0.168 e. The lowest BCUT2D eigenvalue weighted by Gasteiger charge is -2.15. The van der Waals surface area contributed by atoms with E-state index in [9.17, 15) is 4.39 Å². The van der Waals surface area contributed by atoms with Gasteiger partial charge < -0.3 is 14.9 Å². The second-order valence-electron chi connectivity index (χ2n) is 3.87. The van der Waals surface area contributed by atoms with Crippen LogP contribution in [0.5, 0.6) is 5.75 Å². The molecule has 0 aliphatic carbocycles. The molecular weight excluding hydrogens is 301 g/mol. The van der Waals surface area contributed by atoms with E-state index in [0.717, 1.165) is 5.76 Å². The molecule has 0 amide bonds. The second kappa shape index (κ2) is 5.54. The zero-order chi connectivity index (χ0) is 13.1. The van der Waals surface area contributed by atoms with E-state index in [-0.39, 0.29) is 12.3 Å². The highest BCUT2D eigenvalue weighted by atomic mass is 79.9. The summed E-state index contributed by atoms with van der Waals surface area (Å²) < 4.78 is 25.3. The van der Waals surface area contributed by atoms with Gasteiger partial charge in [0.1, 0.15) is 11.5 Å². The van der Waals surface area contributed by atoms with Gasteiger partial charge in [0.15, 0.2) is 17.7 Å². The summed E-state index contributed by atoms with van der Waals surface area (Å²) in [4.78, 5) is 0. The van der Waals surface area contributed by atoms with Crippen LogP contribution >= 0.6 is 15.9 Å². The van der Waals surface area contributed by atoms with Crippen LogP contribution in [0.15, 0.2) is 39.2 Å². The van der Waals surface area contributed by atoms with Crippen LogP contribution in [0.1, 0.15) is 17.6 Å². The molecule has 18 heavy (non-hydrogen) atoms. The predicted molar refractivity (Wildman–Crippen MR) is 70.0 cm³/mol. The van der Waals surface area contributed by atoms with E-state index in [1.807, 2.05) is 13.0 Å². The molecule has 0 aliphatic rings. The fourth-order valence-electron chi connectivity index (χ4n) is 1.57. The van der Waals surface area contributed by atoms with Crippen molar-refractivity contribution >= 4 is 15.9 Å². The summed E-state index contributed by atoms with van der Waals surface area (Å²) >= 11 is 3.19. The highest BCUT2D eigenvalue weighted by Crippen LogP contribution is 2.27. The Morgan fingerprint density at radius 2 is 2.17 bits per heavy atom. The molecule has 96 valence electrons. The maximum absolute atomic E-state index is 13.6. The van der Waals surface area contributed by atoms with Gasteiger partial charge in [0.2, 0.25) is 0 Å². The Hall–Kier alpha value is -1.33. The number of hydrogen-bond acceptors (Lipinski definition) is 3. The molecule has 2 aromatic rings.